The maximum Gasteiger partial charge on any atom is 0.130 e. The van der Waals surface area contributed by atoms with E-state index >= 15 is 0 Å². The van der Waals surface area contributed by atoms with Gasteiger partial charge in [0.25, 0.3) is 0 Å². The summed E-state index contributed by atoms with van der Waals surface area (Å²) in [6, 6.07) is 6.02. The smallest absolute Gasteiger partial charge is 0.130 e. The minimum Gasteiger partial charge on any atom is -0.313 e. The third-order valence-electron chi connectivity index (χ3n) is 3.38. The van der Waals surface area contributed by atoms with Crippen LogP contribution in [0, 0.1) is 6.92 Å². The molecule has 20 heavy (non-hydrogen) atoms. The van der Waals surface area contributed by atoms with Crippen LogP contribution in [0.25, 0.3) is 0 Å². The number of halogens is 3. The van der Waals surface area contributed by atoms with Crippen LogP contribution in [0.15, 0.2) is 22.7 Å². The Balaban J connectivity index is 2.36. The average Bonchev–Trinajstić information content (AvgIpc) is 2.65. The molecule has 0 aliphatic rings. The number of nitrogens with zero attached hydrogens (tertiary/aromatic N) is 2. The third kappa shape index (κ3) is 3.03. The van der Waals surface area contributed by atoms with E-state index in [9.17, 15) is 0 Å². The Morgan fingerprint density at radius 3 is 2.65 bits per heavy atom. The van der Waals surface area contributed by atoms with Crippen molar-refractivity contribution in [3.8, 4) is 0 Å². The molecule has 0 spiro atoms. The number of nitrogens with one attached hydrogen (secondary N) is 1. The molecule has 0 saturated heterocycles. The van der Waals surface area contributed by atoms with Gasteiger partial charge < -0.3 is 5.32 Å². The van der Waals surface area contributed by atoms with Gasteiger partial charge in [0.15, 0.2) is 0 Å². The van der Waals surface area contributed by atoms with E-state index in [1.165, 1.54) is 0 Å². The molecule has 0 bridgehead atoms. The highest BCUT2D eigenvalue weighted by atomic mass is 79.9. The van der Waals surface area contributed by atoms with Gasteiger partial charge in [0.2, 0.25) is 0 Å². The van der Waals surface area contributed by atoms with E-state index in [-0.39, 0.29) is 6.04 Å². The first-order valence-corrected chi connectivity index (χ1v) is 7.79. The van der Waals surface area contributed by atoms with E-state index in [2.05, 4.69) is 26.3 Å². The van der Waals surface area contributed by atoms with Crippen LogP contribution in [-0.2, 0) is 13.5 Å². The van der Waals surface area contributed by atoms with E-state index in [1.807, 2.05) is 39.2 Å². The molecule has 1 aromatic heterocycles. The molecule has 2 rings (SSSR count). The van der Waals surface area contributed by atoms with Gasteiger partial charge >= 0.3 is 0 Å². The zero-order chi connectivity index (χ0) is 14.9. The monoisotopic (exact) mass is 375 g/mol. The SMILES string of the molecule is CNC(Cc1c(C)nn(C)c1Cl)c1cccc(Br)c1Cl. The summed E-state index contributed by atoms with van der Waals surface area (Å²) < 4.78 is 2.59. The number of likely N-dealkylation sites (N-methyl/N-ethyl adjacent to an activating group) is 1. The molecule has 0 aliphatic carbocycles. The van der Waals surface area contributed by atoms with Gasteiger partial charge in [-0.25, -0.2) is 0 Å². The summed E-state index contributed by atoms with van der Waals surface area (Å²) in [6.07, 6.45) is 0.741. The summed E-state index contributed by atoms with van der Waals surface area (Å²) in [5.41, 5.74) is 3.04. The molecule has 108 valence electrons. The van der Waals surface area contributed by atoms with Gasteiger partial charge in [0, 0.05) is 23.1 Å². The minimum atomic E-state index is 0.0837. The molecule has 3 nitrogen and oxygen atoms in total. The lowest BCUT2D eigenvalue weighted by Crippen LogP contribution is -2.19. The number of aryl methyl sites for hydroxylation is 2. The number of hydrogen-bond donors (Lipinski definition) is 1. The van der Waals surface area contributed by atoms with Crippen LogP contribution >= 0.6 is 39.1 Å². The first-order valence-electron chi connectivity index (χ1n) is 6.24. The third-order valence-corrected chi connectivity index (χ3v) is 5.17. The van der Waals surface area contributed by atoms with Crippen molar-refractivity contribution in [2.24, 2.45) is 7.05 Å². The molecule has 0 saturated carbocycles. The number of aromatic nitrogens is 2. The van der Waals surface area contributed by atoms with Gasteiger partial charge in [-0.15, -0.1) is 0 Å². The maximum absolute atomic E-state index is 6.38. The minimum absolute atomic E-state index is 0.0837. The standard InChI is InChI=1S/C14H16BrCl2N3/c1-8-10(14(17)20(3)19-8)7-12(18-2)9-5-4-6-11(15)13(9)16/h4-6,12,18H,7H2,1-3H3. The summed E-state index contributed by atoms with van der Waals surface area (Å²) in [5.74, 6) is 0. The van der Waals surface area contributed by atoms with Crippen molar-refractivity contribution < 1.29 is 0 Å². The molecule has 0 radical (unpaired) electrons. The van der Waals surface area contributed by atoms with Gasteiger partial charge in [-0.1, -0.05) is 35.3 Å². The van der Waals surface area contributed by atoms with Crippen LogP contribution in [0.3, 0.4) is 0 Å². The predicted molar refractivity (Wildman–Crippen MR) is 87.6 cm³/mol. The van der Waals surface area contributed by atoms with E-state index in [0.717, 1.165) is 32.7 Å². The van der Waals surface area contributed by atoms with Crippen molar-refractivity contribution in [1.29, 1.82) is 0 Å². The Bertz CT molecular complexity index is 625. The van der Waals surface area contributed by atoms with Gasteiger partial charge in [-0.05, 0) is 48.0 Å². The molecule has 0 aliphatic heterocycles. The van der Waals surface area contributed by atoms with Gasteiger partial charge in [0.05, 0.1) is 10.7 Å². The molecule has 1 unspecified atom stereocenters. The van der Waals surface area contributed by atoms with Crippen LogP contribution in [0.4, 0.5) is 0 Å². The Morgan fingerprint density at radius 1 is 1.40 bits per heavy atom. The molecular weight excluding hydrogens is 361 g/mol. The molecular formula is C14H16BrCl2N3. The maximum atomic E-state index is 6.38. The molecule has 1 aromatic carbocycles. The van der Waals surface area contributed by atoms with Crippen LogP contribution in [0.1, 0.15) is 22.9 Å². The zero-order valence-electron chi connectivity index (χ0n) is 11.5. The van der Waals surface area contributed by atoms with E-state index in [4.69, 9.17) is 23.2 Å². The fourth-order valence-corrected chi connectivity index (χ4v) is 3.16. The van der Waals surface area contributed by atoms with Gasteiger partial charge in [0.1, 0.15) is 5.15 Å². The first kappa shape index (κ1) is 15.8. The highest BCUT2D eigenvalue weighted by Gasteiger charge is 2.20. The first-order chi connectivity index (χ1) is 9.45. The highest BCUT2D eigenvalue weighted by Crippen LogP contribution is 2.33. The van der Waals surface area contributed by atoms with E-state index in [0.29, 0.717) is 5.15 Å². The van der Waals surface area contributed by atoms with Gasteiger partial charge in [-0.2, -0.15) is 5.10 Å². The summed E-state index contributed by atoms with van der Waals surface area (Å²) in [5, 5.41) is 9.05. The fourth-order valence-electron chi connectivity index (χ4n) is 2.27. The topological polar surface area (TPSA) is 29.9 Å². The summed E-state index contributed by atoms with van der Waals surface area (Å²) in [6.45, 7) is 1.97. The van der Waals surface area contributed by atoms with E-state index in [1.54, 1.807) is 4.68 Å². The Kier molecular flexibility index (Phi) is 5.13. The van der Waals surface area contributed by atoms with Crippen LogP contribution in [0.2, 0.25) is 10.2 Å². The quantitative estimate of drug-likeness (QED) is 0.861. The normalized spacial score (nSPS) is 12.7. The summed E-state index contributed by atoms with van der Waals surface area (Å²) in [7, 11) is 3.76. The van der Waals surface area contributed by atoms with Crippen molar-refractivity contribution in [2.75, 3.05) is 7.05 Å². The molecule has 1 N–H and O–H groups in total. The number of hydrogen-bond acceptors (Lipinski definition) is 2. The lowest BCUT2D eigenvalue weighted by Gasteiger charge is -2.18. The van der Waals surface area contributed by atoms with Crippen LogP contribution in [-0.4, -0.2) is 16.8 Å². The Labute approximate surface area is 137 Å². The van der Waals surface area contributed by atoms with Crippen LogP contribution < -0.4 is 5.32 Å². The predicted octanol–water partition coefficient (Wildman–Crippen LogP) is 4.30. The second kappa shape index (κ2) is 6.48. The molecule has 1 atom stereocenters. The molecule has 0 amide bonds. The van der Waals surface area contributed by atoms with Crippen molar-refractivity contribution in [3.05, 3.63) is 49.7 Å². The van der Waals surface area contributed by atoms with Crippen LogP contribution in [0.5, 0.6) is 0 Å². The number of rotatable bonds is 4. The summed E-state index contributed by atoms with van der Waals surface area (Å²) in [4.78, 5) is 0. The molecule has 2 aromatic rings. The van der Waals surface area contributed by atoms with Crippen molar-refractivity contribution in [3.63, 3.8) is 0 Å². The zero-order valence-corrected chi connectivity index (χ0v) is 14.6. The van der Waals surface area contributed by atoms with Crippen molar-refractivity contribution in [1.82, 2.24) is 15.1 Å². The second-order valence-corrected chi connectivity index (χ2v) is 6.26. The molecule has 6 heteroatoms. The molecule has 0 fully saturated rings. The lowest BCUT2D eigenvalue weighted by molar-refractivity contribution is 0.590. The lowest BCUT2D eigenvalue weighted by atomic mass is 9.99. The molecule has 1 heterocycles. The van der Waals surface area contributed by atoms with Crippen molar-refractivity contribution >= 4 is 39.1 Å². The van der Waals surface area contributed by atoms with E-state index < -0.39 is 0 Å². The van der Waals surface area contributed by atoms with Crippen molar-refractivity contribution in [2.45, 2.75) is 19.4 Å². The Hall–Kier alpha value is -0.550. The number of benzene rings is 1. The average molecular weight is 377 g/mol. The second-order valence-electron chi connectivity index (χ2n) is 4.67. The fraction of sp³-hybridized carbons (Fsp3) is 0.357. The largest absolute Gasteiger partial charge is 0.313 e. The Morgan fingerprint density at radius 2 is 2.10 bits per heavy atom. The van der Waals surface area contributed by atoms with Gasteiger partial charge in [-0.3, -0.25) is 4.68 Å². The summed E-state index contributed by atoms with van der Waals surface area (Å²) >= 11 is 16.1. The highest BCUT2D eigenvalue weighted by molar-refractivity contribution is 9.10.